The average molecular weight is 401 g/mol. The van der Waals surface area contributed by atoms with E-state index in [-0.39, 0.29) is 0 Å². The molecule has 0 radical (unpaired) electrons. The second-order valence-corrected chi connectivity index (χ2v) is 8.21. The molecule has 3 aromatic heterocycles. The molecular weight excluding hydrogens is 372 g/mol. The first kappa shape index (κ1) is 19.0. The number of fused-ring (bicyclic) bond motifs is 1. The minimum Gasteiger partial charge on any atom is -0.357 e. The molecule has 1 N–H and O–H groups in total. The Kier molecular flexibility index (Phi) is 5.11. The monoisotopic (exact) mass is 400 g/mol. The first-order chi connectivity index (χ1) is 14.7. The second-order valence-electron chi connectivity index (χ2n) is 8.21. The van der Waals surface area contributed by atoms with E-state index in [1.54, 1.807) is 0 Å². The van der Waals surface area contributed by atoms with Gasteiger partial charge < -0.3 is 4.98 Å². The van der Waals surface area contributed by atoms with Gasteiger partial charge in [0.05, 0.1) is 22.8 Å². The molecule has 0 amide bonds. The molecule has 1 aromatic carbocycles. The minimum atomic E-state index is 0.310. The van der Waals surface area contributed by atoms with Crippen LogP contribution in [-0.2, 0) is 20.1 Å². The SMILES string of the molecule is Cc1[nH]c2cccnc2c1CN1CCN(Cc2ccccc2)C(c2ccnn2C)C1. The highest BCUT2D eigenvalue weighted by molar-refractivity contribution is 5.80. The third-order valence-electron chi connectivity index (χ3n) is 6.25. The highest BCUT2D eigenvalue weighted by Crippen LogP contribution is 2.29. The lowest BCUT2D eigenvalue weighted by molar-refractivity contribution is 0.0596. The summed E-state index contributed by atoms with van der Waals surface area (Å²) in [7, 11) is 2.04. The lowest BCUT2D eigenvalue weighted by Gasteiger charge is -2.41. The molecule has 6 nitrogen and oxygen atoms in total. The molecule has 1 unspecified atom stereocenters. The van der Waals surface area contributed by atoms with E-state index in [1.807, 2.05) is 30.2 Å². The van der Waals surface area contributed by atoms with Gasteiger partial charge in [0.2, 0.25) is 0 Å². The van der Waals surface area contributed by atoms with Gasteiger partial charge in [-0.25, -0.2) is 0 Å². The first-order valence-electron chi connectivity index (χ1n) is 10.6. The smallest absolute Gasteiger partial charge is 0.0926 e. The average Bonchev–Trinajstić information content (AvgIpc) is 3.33. The van der Waals surface area contributed by atoms with E-state index in [0.29, 0.717) is 6.04 Å². The molecule has 4 heterocycles. The predicted octanol–water partition coefficient (Wildman–Crippen LogP) is 3.66. The third-order valence-corrected chi connectivity index (χ3v) is 6.25. The molecule has 5 rings (SSSR count). The van der Waals surface area contributed by atoms with Crippen molar-refractivity contribution < 1.29 is 0 Å². The zero-order valence-electron chi connectivity index (χ0n) is 17.6. The highest BCUT2D eigenvalue weighted by Gasteiger charge is 2.30. The van der Waals surface area contributed by atoms with Gasteiger partial charge in [-0.05, 0) is 30.7 Å². The Bertz CT molecular complexity index is 1130. The molecule has 1 aliphatic heterocycles. The Morgan fingerprint density at radius 1 is 1.00 bits per heavy atom. The Morgan fingerprint density at radius 2 is 1.87 bits per heavy atom. The summed E-state index contributed by atoms with van der Waals surface area (Å²) in [6.45, 7) is 7.07. The van der Waals surface area contributed by atoms with Crippen LogP contribution in [0.2, 0.25) is 0 Å². The summed E-state index contributed by atoms with van der Waals surface area (Å²) in [5.41, 5.74) is 7.37. The number of piperazine rings is 1. The maximum Gasteiger partial charge on any atom is 0.0926 e. The summed E-state index contributed by atoms with van der Waals surface area (Å²) in [5.74, 6) is 0. The van der Waals surface area contributed by atoms with E-state index in [0.717, 1.165) is 43.8 Å². The maximum absolute atomic E-state index is 4.64. The molecule has 1 atom stereocenters. The second kappa shape index (κ2) is 8.05. The zero-order valence-corrected chi connectivity index (χ0v) is 17.6. The molecule has 154 valence electrons. The molecule has 1 fully saturated rings. The number of benzene rings is 1. The van der Waals surface area contributed by atoms with Crippen molar-refractivity contribution in [1.82, 2.24) is 29.5 Å². The van der Waals surface area contributed by atoms with Gasteiger partial charge in [0.15, 0.2) is 0 Å². The van der Waals surface area contributed by atoms with Crippen LogP contribution in [-0.4, -0.2) is 49.2 Å². The summed E-state index contributed by atoms with van der Waals surface area (Å²) in [4.78, 5) is 13.3. The van der Waals surface area contributed by atoms with Crippen molar-refractivity contribution in [2.75, 3.05) is 19.6 Å². The van der Waals surface area contributed by atoms with E-state index in [4.69, 9.17) is 0 Å². The minimum absolute atomic E-state index is 0.310. The van der Waals surface area contributed by atoms with E-state index < -0.39 is 0 Å². The standard InChI is InChI=1S/C24H28N6/c1-18-20(24-21(27-18)9-6-11-25-24)16-29-13-14-30(15-19-7-4-3-5-8-19)23(17-29)22-10-12-26-28(22)2/h3-12,23,27H,13-17H2,1-2H3. The maximum atomic E-state index is 4.64. The molecule has 0 spiro atoms. The Balaban J connectivity index is 1.40. The Labute approximate surface area is 177 Å². The van der Waals surface area contributed by atoms with Gasteiger partial charge in [0.25, 0.3) is 0 Å². The fourth-order valence-corrected chi connectivity index (χ4v) is 4.64. The molecule has 4 aromatic rings. The van der Waals surface area contributed by atoms with Crippen molar-refractivity contribution in [3.63, 3.8) is 0 Å². The number of aryl methyl sites for hydroxylation is 2. The van der Waals surface area contributed by atoms with Gasteiger partial charge in [-0.2, -0.15) is 5.10 Å². The van der Waals surface area contributed by atoms with Gasteiger partial charge in [0.1, 0.15) is 0 Å². The number of nitrogens with one attached hydrogen (secondary N) is 1. The normalized spacial score (nSPS) is 18.3. The van der Waals surface area contributed by atoms with Crippen LogP contribution >= 0.6 is 0 Å². The molecule has 1 saturated heterocycles. The van der Waals surface area contributed by atoms with Crippen molar-refractivity contribution in [3.05, 3.63) is 83.4 Å². The summed E-state index contributed by atoms with van der Waals surface area (Å²) in [5, 5.41) is 4.45. The van der Waals surface area contributed by atoms with Crippen molar-refractivity contribution in [2.24, 2.45) is 7.05 Å². The van der Waals surface area contributed by atoms with Crippen molar-refractivity contribution in [2.45, 2.75) is 26.1 Å². The van der Waals surface area contributed by atoms with Crippen LogP contribution in [0.1, 0.15) is 28.6 Å². The van der Waals surface area contributed by atoms with E-state index in [9.17, 15) is 0 Å². The number of hydrogen-bond acceptors (Lipinski definition) is 4. The van der Waals surface area contributed by atoms with Crippen LogP contribution in [0, 0.1) is 6.92 Å². The van der Waals surface area contributed by atoms with Gasteiger partial charge in [-0.1, -0.05) is 30.3 Å². The number of rotatable bonds is 5. The van der Waals surface area contributed by atoms with Crippen molar-refractivity contribution in [3.8, 4) is 0 Å². The van der Waals surface area contributed by atoms with E-state index in [1.165, 1.54) is 22.5 Å². The van der Waals surface area contributed by atoms with Crippen LogP contribution in [0.25, 0.3) is 11.0 Å². The number of aromatic nitrogens is 4. The summed E-state index contributed by atoms with van der Waals surface area (Å²) < 4.78 is 2.02. The number of pyridine rings is 1. The summed E-state index contributed by atoms with van der Waals surface area (Å²) in [6.07, 6.45) is 3.79. The molecule has 30 heavy (non-hydrogen) atoms. The van der Waals surface area contributed by atoms with Crippen LogP contribution in [0.4, 0.5) is 0 Å². The van der Waals surface area contributed by atoms with Gasteiger partial charge >= 0.3 is 0 Å². The van der Waals surface area contributed by atoms with E-state index in [2.05, 4.69) is 74.3 Å². The van der Waals surface area contributed by atoms with Gasteiger partial charge in [-0.15, -0.1) is 0 Å². The quantitative estimate of drug-likeness (QED) is 0.555. The molecule has 6 heteroatoms. The topological polar surface area (TPSA) is 53.0 Å². The highest BCUT2D eigenvalue weighted by atomic mass is 15.3. The summed E-state index contributed by atoms with van der Waals surface area (Å²) in [6, 6.07) is 17.3. The number of H-pyrrole nitrogens is 1. The van der Waals surface area contributed by atoms with Crippen molar-refractivity contribution in [1.29, 1.82) is 0 Å². The van der Waals surface area contributed by atoms with Gasteiger partial charge in [0, 0.05) is 63.4 Å². The predicted molar refractivity (Wildman–Crippen MR) is 119 cm³/mol. The Hall–Kier alpha value is -2.96. The zero-order chi connectivity index (χ0) is 20.5. The van der Waals surface area contributed by atoms with Crippen LogP contribution in [0.3, 0.4) is 0 Å². The largest absolute Gasteiger partial charge is 0.357 e. The lowest BCUT2D eigenvalue weighted by Crippen LogP contribution is -2.48. The van der Waals surface area contributed by atoms with E-state index >= 15 is 0 Å². The van der Waals surface area contributed by atoms with Crippen molar-refractivity contribution >= 4 is 11.0 Å². The number of hydrogen-bond donors (Lipinski definition) is 1. The van der Waals surface area contributed by atoms with Crippen LogP contribution in [0.15, 0.2) is 60.9 Å². The Morgan fingerprint density at radius 3 is 2.67 bits per heavy atom. The first-order valence-corrected chi connectivity index (χ1v) is 10.6. The van der Waals surface area contributed by atoms with Gasteiger partial charge in [-0.3, -0.25) is 19.5 Å². The summed E-state index contributed by atoms with van der Waals surface area (Å²) >= 11 is 0. The molecule has 0 aliphatic carbocycles. The number of aromatic amines is 1. The third kappa shape index (κ3) is 3.64. The fraction of sp³-hybridized carbons (Fsp3) is 0.333. The molecule has 1 aliphatic rings. The molecule has 0 bridgehead atoms. The number of nitrogens with zero attached hydrogens (tertiary/aromatic N) is 5. The van der Waals surface area contributed by atoms with Crippen LogP contribution in [0.5, 0.6) is 0 Å². The van der Waals surface area contributed by atoms with Crippen LogP contribution < -0.4 is 0 Å². The lowest BCUT2D eigenvalue weighted by atomic mass is 10.1. The molecule has 0 saturated carbocycles. The molecular formula is C24H28N6. The fourth-order valence-electron chi connectivity index (χ4n) is 4.64.